The molecule has 12 heavy (non-hydrogen) atoms. The fourth-order valence-corrected chi connectivity index (χ4v) is 1.83. The van der Waals surface area contributed by atoms with Crippen LogP contribution in [0.1, 0.15) is 26.7 Å². The molecule has 3 heteroatoms. The number of aliphatic imine (C=N–C) groups is 1. The summed E-state index contributed by atoms with van der Waals surface area (Å²) in [6.45, 7) is 4.58. The number of guanidine groups is 1. The maximum absolute atomic E-state index is 5.69. The molecule has 70 valence electrons. The van der Waals surface area contributed by atoms with Gasteiger partial charge in [-0.3, -0.25) is 4.99 Å². The van der Waals surface area contributed by atoms with Gasteiger partial charge in [0.1, 0.15) is 0 Å². The molecule has 1 rings (SSSR count). The van der Waals surface area contributed by atoms with Crippen molar-refractivity contribution in [2.75, 3.05) is 14.1 Å². The monoisotopic (exact) mass is 169 g/mol. The van der Waals surface area contributed by atoms with Gasteiger partial charge in [0.2, 0.25) is 0 Å². The van der Waals surface area contributed by atoms with Crippen LogP contribution in [-0.4, -0.2) is 31.0 Å². The second-order valence-electron chi connectivity index (χ2n) is 4.42. The van der Waals surface area contributed by atoms with Crippen molar-refractivity contribution in [1.82, 2.24) is 4.90 Å². The fraction of sp³-hybridized carbons (Fsp3) is 0.889. The normalized spacial score (nSPS) is 23.5. The summed E-state index contributed by atoms with van der Waals surface area (Å²) >= 11 is 0. The highest BCUT2D eigenvalue weighted by molar-refractivity contribution is 5.78. The van der Waals surface area contributed by atoms with E-state index in [1.54, 1.807) is 7.05 Å². The van der Waals surface area contributed by atoms with Gasteiger partial charge in [0.25, 0.3) is 0 Å². The molecule has 1 saturated carbocycles. The highest BCUT2D eigenvalue weighted by Gasteiger charge is 2.38. The van der Waals surface area contributed by atoms with E-state index < -0.39 is 0 Å². The first-order chi connectivity index (χ1) is 5.46. The average Bonchev–Trinajstić information content (AvgIpc) is 1.97. The largest absolute Gasteiger partial charge is 0.370 e. The number of hydrogen-bond donors (Lipinski definition) is 1. The molecule has 0 radical (unpaired) electrons. The zero-order chi connectivity index (χ0) is 9.35. The number of nitrogens with zero attached hydrogens (tertiary/aromatic N) is 2. The third kappa shape index (κ3) is 1.71. The molecular weight excluding hydrogens is 150 g/mol. The summed E-state index contributed by atoms with van der Waals surface area (Å²) < 4.78 is 0. The first kappa shape index (κ1) is 9.36. The van der Waals surface area contributed by atoms with Crippen LogP contribution < -0.4 is 5.73 Å². The van der Waals surface area contributed by atoms with E-state index in [0.29, 0.717) is 17.4 Å². The molecule has 3 nitrogen and oxygen atoms in total. The molecule has 0 amide bonds. The standard InChI is InChI=1S/C9H19N3/c1-9(2)5-7(6-9)12(4)8(10)11-3/h7H,5-6H2,1-4H3,(H2,10,11). The molecule has 0 atom stereocenters. The molecule has 0 aromatic carbocycles. The van der Waals surface area contributed by atoms with E-state index >= 15 is 0 Å². The molecule has 0 aromatic rings. The Bertz CT molecular complexity index is 188. The van der Waals surface area contributed by atoms with Crippen molar-refractivity contribution < 1.29 is 0 Å². The predicted molar refractivity (Wildman–Crippen MR) is 52.1 cm³/mol. The van der Waals surface area contributed by atoms with Gasteiger partial charge >= 0.3 is 0 Å². The Morgan fingerprint density at radius 3 is 2.33 bits per heavy atom. The summed E-state index contributed by atoms with van der Waals surface area (Å²) in [7, 11) is 3.75. The van der Waals surface area contributed by atoms with Crippen LogP contribution >= 0.6 is 0 Å². The van der Waals surface area contributed by atoms with E-state index in [1.165, 1.54) is 12.8 Å². The van der Waals surface area contributed by atoms with Crippen molar-refractivity contribution in [3.05, 3.63) is 0 Å². The van der Waals surface area contributed by atoms with Crippen LogP contribution in [0.3, 0.4) is 0 Å². The van der Waals surface area contributed by atoms with Gasteiger partial charge in [0.05, 0.1) is 0 Å². The van der Waals surface area contributed by atoms with Gasteiger partial charge in [-0.25, -0.2) is 0 Å². The Morgan fingerprint density at radius 1 is 1.50 bits per heavy atom. The van der Waals surface area contributed by atoms with Crippen LogP contribution in [0.5, 0.6) is 0 Å². The summed E-state index contributed by atoms with van der Waals surface area (Å²) in [5, 5.41) is 0. The Morgan fingerprint density at radius 2 is 2.00 bits per heavy atom. The molecule has 1 fully saturated rings. The fourth-order valence-electron chi connectivity index (χ4n) is 1.83. The lowest BCUT2D eigenvalue weighted by molar-refractivity contribution is 0.0786. The third-order valence-corrected chi connectivity index (χ3v) is 2.71. The lowest BCUT2D eigenvalue weighted by atomic mass is 9.68. The van der Waals surface area contributed by atoms with E-state index in [0.717, 1.165) is 0 Å². The van der Waals surface area contributed by atoms with Crippen molar-refractivity contribution in [2.45, 2.75) is 32.7 Å². The summed E-state index contributed by atoms with van der Waals surface area (Å²) in [5.41, 5.74) is 6.20. The Labute approximate surface area is 74.6 Å². The molecule has 1 aliphatic rings. The smallest absolute Gasteiger partial charge is 0.190 e. The highest BCUT2D eigenvalue weighted by Crippen LogP contribution is 2.42. The minimum Gasteiger partial charge on any atom is -0.370 e. The summed E-state index contributed by atoms with van der Waals surface area (Å²) in [6.07, 6.45) is 2.44. The first-order valence-corrected chi connectivity index (χ1v) is 4.41. The first-order valence-electron chi connectivity index (χ1n) is 4.41. The number of rotatable bonds is 1. The quantitative estimate of drug-likeness (QED) is 0.471. The van der Waals surface area contributed by atoms with Crippen molar-refractivity contribution in [2.24, 2.45) is 16.1 Å². The van der Waals surface area contributed by atoms with Gasteiger partial charge < -0.3 is 10.6 Å². The minimum atomic E-state index is 0.507. The molecule has 0 saturated heterocycles. The zero-order valence-electron chi connectivity index (χ0n) is 8.46. The molecule has 0 spiro atoms. The van der Waals surface area contributed by atoms with Crippen molar-refractivity contribution >= 4 is 5.96 Å². The van der Waals surface area contributed by atoms with Crippen molar-refractivity contribution in [1.29, 1.82) is 0 Å². The van der Waals surface area contributed by atoms with Gasteiger partial charge in [0.15, 0.2) is 5.96 Å². The third-order valence-electron chi connectivity index (χ3n) is 2.71. The predicted octanol–water partition coefficient (Wildman–Crippen LogP) is 1.05. The molecular formula is C9H19N3. The second-order valence-corrected chi connectivity index (χ2v) is 4.42. The number of hydrogen-bond acceptors (Lipinski definition) is 1. The summed E-state index contributed by atoms with van der Waals surface area (Å²) in [5.74, 6) is 0.649. The van der Waals surface area contributed by atoms with Crippen LogP contribution in [-0.2, 0) is 0 Å². The molecule has 0 aromatic heterocycles. The summed E-state index contributed by atoms with van der Waals surface area (Å²) in [6, 6.07) is 0.601. The Kier molecular flexibility index (Phi) is 2.31. The zero-order valence-corrected chi connectivity index (χ0v) is 8.46. The van der Waals surface area contributed by atoms with Gasteiger partial charge in [-0.15, -0.1) is 0 Å². The molecule has 0 heterocycles. The number of nitrogens with two attached hydrogens (primary N) is 1. The van der Waals surface area contributed by atoms with Gasteiger partial charge in [-0.1, -0.05) is 13.8 Å². The van der Waals surface area contributed by atoms with Gasteiger partial charge in [0, 0.05) is 20.1 Å². The molecule has 0 aliphatic heterocycles. The van der Waals surface area contributed by atoms with Crippen LogP contribution in [0.15, 0.2) is 4.99 Å². The van der Waals surface area contributed by atoms with E-state index in [9.17, 15) is 0 Å². The average molecular weight is 169 g/mol. The van der Waals surface area contributed by atoms with Crippen LogP contribution in [0, 0.1) is 5.41 Å². The lowest BCUT2D eigenvalue weighted by Crippen LogP contribution is -2.51. The Hall–Kier alpha value is -0.730. The topological polar surface area (TPSA) is 41.6 Å². The molecule has 0 unspecified atom stereocenters. The van der Waals surface area contributed by atoms with Gasteiger partial charge in [-0.2, -0.15) is 0 Å². The molecule has 1 aliphatic carbocycles. The molecule has 0 bridgehead atoms. The minimum absolute atomic E-state index is 0.507. The van der Waals surface area contributed by atoms with Crippen molar-refractivity contribution in [3.8, 4) is 0 Å². The van der Waals surface area contributed by atoms with E-state index in [-0.39, 0.29) is 0 Å². The van der Waals surface area contributed by atoms with E-state index in [4.69, 9.17) is 5.73 Å². The van der Waals surface area contributed by atoms with Gasteiger partial charge in [-0.05, 0) is 18.3 Å². The molecule has 2 N–H and O–H groups in total. The van der Waals surface area contributed by atoms with Crippen molar-refractivity contribution in [3.63, 3.8) is 0 Å². The van der Waals surface area contributed by atoms with Crippen LogP contribution in [0.2, 0.25) is 0 Å². The van der Waals surface area contributed by atoms with E-state index in [1.807, 2.05) is 7.05 Å². The summed E-state index contributed by atoms with van der Waals surface area (Å²) in [4.78, 5) is 6.03. The van der Waals surface area contributed by atoms with Crippen LogP contribution in [0.4, 0.5) is 0 Å². The van der Waals surface area contributed by atoms with E-state index in [2.05, 4.69) is 23.7 Å². The lowest BCUT2D eigenvalue weighted by Gasteiger charge is -2.47. The second kappa shape index (κ2) is 2.96. The maximum Gasteiger partial charge on any atom is 0.190 e. The Balaban J connectivity index is 2.43. The SMILES string of the molecule is CN=C(N)N(C)C1CC(C)(C)C1. The highest BCUT2D eigenvalue weighted by atomic mass is 15.3. The van der Waals surface area contributed by atoms with Crippen LogP contribution in [0.25, 0.3) is 0 Å². The maximum atomic E-state index is 5.69.